The summed E-state index contributed by atoms with van der Waals surface area (Å²) in [6.45, 7) is 7.42. The molecule has 4 rings (SSSR count). The highest BCUT2D eigenvalue weighted by molar-refractivity contribution is 7.20. The first-order chi connectivity index (χ1) is 16.6. The Kier molecular flexibility index (Phi) is 7.09. The molecule has 0 aromatic carbocycles. The zero-order valence-corrected chi connectivity index (χ0v) is 21.7. The Hall–Kier alpha value is -3.05. The lowest BCUT2D eigenvalue weighted by molar-refractivity contribution is -0.118. The number of nitrogens with one attached hydrogen (secondary N) is 1. The topological polar surface area (TPSA) is 133 Å². The van der Waals surface area contributed by atoms with E-state index in [0.717, 1.165) is 47.5 Å². The second-order valence-corrected chi connectivity index (χ2v) is 11.2. The number of carbonyl (C=O) groups excluding carboxylic acids is 3. The zero-order chi connectivity index (χ0) is 25.4. The number of hydrogen-bond donors (Lipinski definition) is 2. The van der Waals surface area contributed by atoms with E-state index in [2.05, 4.69) is 10.3 Å². The van der Waals surface area contributed by atoms with Crippen molar-refractivity contribution in [3.8, 4) is 0 Å². The molecule has 0 aliphatic heterocycles. The van der Waals surface area contributed by atoms with Crippen molar-refractivity contribution in [2.75, 3.05) is 11.9 Å². The van der Waals surface area contributed by atoms with Crippen molar-refractivity contribution >= 4 is 55.7 Å². The number of anilines is 1. The van der Waals surface area contributed by atoms with Crippen LogP contribution in [-0.2, 0) is 22.4 Å². The van der Waals surface area contributed by atoms with Gasteiger partial charge in [0.2, 0.25) is 5.91 Å². The van der Waals surface area contributed by atoms with Crippen molar-refractivity contribution in [2.24, 2.45) is 11.7 Å². The molecular formula is C24H28N4O5S2. The highest BCUT2D eigenvalue weighted by Crippen LogP contribution is 2.38. The van der Waals surface area contributed by atoms with E-state index in [9.17, 15) is 19.2 Å². The van der Waals surface area contributed by atoms with Crippen molar-refractivity contribution in [3.63, 3.8) is 0 Å². The lowest BCUT2D eigenvalue weighted by atomic mass is 9.95. The van der Waals surface area contributed by atoms with Crippen LogP contribution in [0.15, 0.2) is 11.1 Å². The van der Waals surface area contributed by atoms with Gasteiger partial charge < -0.3 is 15.8 Å². The van der Waals surface area contributed by atoms with Crippen LogP contribution < -0.4 is 16.6 Å². The third-order valence-corrected chi connectivity index (χ3v) is 8.45. The summed E-state index contributed by atoms with van der Waals surface area (Å²) in [4.78, 5) is 57.2. The lowest BCUT2D eigenvalue weighted by Crippen LogP contribution is -2.32. The van der Waals surface area contributed by atoms with E-state index in [0.29, 0.717) is 25.8 Å². The number of esters is 1. The molecule has 0 bridgehead atoms. The van der Waals surface area contributed by atoms with Crippen molar-refractivity contribution in [1.82, 2.24) is 9.55 Å². The number of thiophene rings is 2. The molecular weight excluding hydrogens is 488 g/mol. The second kappa shape index (κ2) is 9.90. The summed E-state index contributed by atoms with van der Waals surface area (Å²) in [5.74, 6) is -1.33. The first-order valence-electron chi connectivity index (χ1n) is 11.5. The van der Waals surface area contributed by atoms with Gasteiger partial charge in [-0.15, -0.1) is 22.7 Å². The van der Waals surface area contributed by atoms with Gasteiger partial charge in [-0.05, 0) is 56.6 Å². The zero-order valence-electron chi connectivity index (χ0n) is 20.1. The Balaban J connectivity index is 1.63. The summed E-state index contributed by atoms with van der Waals surface area (Å²) in [7, 11) is 0. The number of aromatic nitrogens is 2. The number of amides is 2. The molecule has 1 aliphatic carbocycles. The Morgan fingerprint density at radius 3 is 2.60 bits per heavy atom. The summed E-state index contributed by atoms with van der Waals surface area (Å²) >= 11 is 2.47. The fourth-order valence-corrected chi connectivity index (χ4v) is 6.50. The Morgan fingerprint density at radius 2 is 1.91 bits per heavy atom. The van der Waals surface area contributed by atoms with E-state index in [1.54, 1.807) is 13.8 Å². The minimum atomic E-state index is -0.908. The molecule has 1 atom stereocenters. The minimum Gasteiger partial charge on any atom is -0.461 e. The molecule has 0 saturated heterocycles. The maximum absolute atomic E-state index is 13.3. The molecule has 3 aromatic heterocycles. The van der Waals surface area contributed by atoms with Crippen molar-refractivity contribution in [2.45, 2.75) is 59.4 Å². The molecule has 0 spiro atoms. The van der Waals surface area contributed by atoms with Gasteiger partial charge in [0, 0.05) is 4.88 Å². The molecule has 186 valence electrons. The van der Waals surface area contributed by atoms with Crippen LogP contribution in [0.5, 0.6) is 0 Å². The SMILES string of the molecule is Cc1c(C(=O)OCC(C)C)sc2ncn(C(C)C(=O)Nc3sc4c(c3C(N)=O)CCCC4)c(=O)c12. The molecule has 0 radical (unpaired) electrons. The van der Waals surface area contributed by atoms with Gasteiger partial charge in [0.1, 0.15) is 20.8 Å². The number of hydrogen-bond acceptors (Lipinski definition) is 8. The van der Waals surface area contributed by atoms with E-state index >= 15 is 0 Å². The van der Waals surface area contributed by atoms with Crippen molar-refractivity contribution in [1.29, 1.82) is 0 Å². The maximum Gasteiger partial charge on any atom is 0.348 e. The van der Waals surface area contributed by atoms with Crippen LogP contribution in [0.1, 0.15) is 75.7 Å². The summed E-state index contributed by atoms with van der Waals surface area (Å²) < 4.78 is 6.56. The molecule has 1 aliphatic rings. The average Bonchev–Trinajstić information content (AvgIpc) is 3.34. The normalized spacial score (nSPS) is 14.1. The Bertz CT molecular complexity index is 1380. The number of aryl methyl sites for hydroxylation is 2. The smallest absolute Gasteiger partial charge is 0.348 e. The van der Waals surface area contributed by atoms with Crippen LogP contribution in [0.2, 0.25) is 0 Å². The second-order valence-electron chi connectivity index (χ2n) is 9.13. The molecule has 3 aromatic rings. The number of carbonyl (C=O) groups is 3. The molecule has 3 heterocycles. The van der Waals surface area contributed by atoms with Crippen LogP contribution in [-0.4, -0.2) is 33.9 Å². The van der Waals surface area contributed by atoms with Gasteiger partial charge in [-0.2, -0.15) is 0 Å². The van der Waals surface area contributed by atoms with Crippen LogP contribution >= 0.6 is 22.7 Å². The highest BCUT2D eigenvalue weighted by Gasteiger charge is 2.28. The maximum atomic E-state index is 13.3. The monoisotopic (exact) mass is 516 g/mol. The molecule has 2 amide bonds. The molecule has 3 N–H and O–H groups in total. The van der Waals surface area contributed by atoms with Crippen molar-refractivity contribution in [3.05, 3.63) is 43.1 Å². The summed E-state index contributed by atoms with van der Waals surface area (Å²) in [6.07, 6.45) is 4.92. The Labute approximate surface area is 210 Å². The summed E-state index contributed by atoms with van der Waals surface area (Å²) in [5.41, 5.74) is 6.98. The number of nitrogens with two attached hydrogens (primary N) is 1. The fraction of sp³-hybridized carbons (Fsp3) is 0.458. The lowest BCUT2D eigenvalue weighted by Gasteiger charge is -2.15. The largest absolute Gasteiger partial charge is 0.461 e. The Morgan fingerprint density at radius 1 is 1.20 bits per heavy atom. The molecule has 0 saturated carbocycles. The fourth-order valence-electron chi connectivity index (χ4n) is 4.17. The van der Waals surface area contributed by atoms with E-state index < -0.39 is 29.4 Å². The third-order valence-electron chi connectivity index (χ3n) is 6.06. The standard InChI is InChI=1S/C24H28N4O5S2/c1-11(2)9-33-24(32)18-12(3)16-21(35-18)26-10-28(23(16)31)13(4)20(30)27-22-17(19(25)29)14-7-5-6-8-15(14)34-22/h10-11,13H,5-9H2,1-4H3,(H2,25,29)(H,27,30). The summed E-state index contributed by atoms with van der Waals surface area (Å²) in [5, 5.41) is 3.52. The molecule has 9 nitrogen and oxygen atoms in total. The van der Waals surface area contributed by atoms with Gasteiger partial charge in [0.25, 0.3) is 11.5 Å². The van der Waals surface area contributed by atoms with Gasteiger partial charge in [-0.1, -0.05) is 13.8 Å². The number of nitrogens with zero attached hydrogens (tertiary/aromatic N) is 2. The molecule has 35 heavy (non-hydrogen) atoms. The summed E-state index contributed by atoms with van der Waals surface area (Å²) in [6, 6.07) is -0.908. The van der Waals surface area contributed by atoms with Gasteiger partial charge >= 0.3 is 5.97 Å². The average molecular weight is 517 g/mol. The first-order valence-corrected chi connectivity index (χ1v) is 13.2. The predicted octanol–water partition coefficient (Wildman–Crippen LogP) is 3.82. The number of primary amides is 1. The number of rotatable bonds is 7. The van der Waals surface area contributed by atoms with Gasteiger partial charge in [0.15, 0.2) is 0 Å². The van der Waals surface area contributed by atoms with E-state index in [1.165, 1.54) is 22.2 Å². The van der Waals surface area contributed by atoms with Crippen LogP contribution in [0.3, 0.4) is 0 Å². The van der Waals surface area contributed by atoms with Crippen LogP contribution in [0.25, 0.3) is 10.2 Å². The minimum absolute atomic E-state index is 0.187. The number of ether oxygens (including phenoxy) is 1. The van der Waals surface area contributed by atoms with Gasteiger partial charge in [-0.3, -0.25) is 19.0 Å². The van der Waals surface area contributed by atoms with E-state index in [-0.39, 0.29) is 17.9 Å². The predicted molar refractivity (Wildman–Crippen MR) is 137 cm³/mol. The molecule has 0 fully saturated rings. The number of fused-ring (bicyclic) bond motifs is 2. The molecule has 11 heteroatoms. The van der Waals surface area contributed by atoms with E-state index in [1.807, 2.05) is 13.8 Å². The third kappa shape index (κ3) is 4.74. The van der Waals surface area contributed by atoms with Crippen LogP contribution in [0, 0.1) is 12.8 Å². The quantitative estimate of drug-likeness (QED) is 0.459. The highest BCUT2D eigenvalue weighted by atomic mass is 32.1. The van der Waals surface area contributed by atoms with Crippen molar-refractivity contribution < 1.29 is 19.1 Å². The first kappa shape index (κ1) is 25.1. The van der Waals surface area contributed by atoms with E-state index in [4.69, 9.17) is 10.5 Å². The van der Waals surface area contributed by atoms with Gasteiger partial charge in [-0.25, -0.2) is 9.78 Å². The molecule has 1 unspecified atom stereocenters. The van der Waals surface area contributed by atoms with Crippen LogP contribution in [0.4, 0.5) is 5.00 Å². The van der Waals surface area contributed by atoms with Gasteiger partial charge in [0.05, 0.1) is 23.9 Å².